The number of ether oxygens (including phenoxy) is 4. The molecule has 0 bridgehead atoms. The molecule has 1 aromatic rings. The second-order valence-electron chi connectivity index (χ2n) is 10.2. The number of hydrogen-bond acceptors (Lipinski definition) is 10. The summed E-state index contributed by atoms with van der Waals surface area (Å²) in [6.45, 7) is 2.39. The number of phenols is 1. The Bertz CT molecular complexity index is 1210. The summed E-state index contributed by atoms with van der Waals surface area (Å²) < 4.78 is 21.1. The molecule has 0 saturated heterocycles. The molecule has 14 nitrogen and oxygen atoms in total. The number of carbonyl (C=O) groups excluding carboxylic acids is 4. The largest absolute Gasteiger partial charge is 0.507 e. The minimum atomic E-state index is -1.23. The first-order chi connectivity index (χ1) is 23.3. The molecule has 0 unspecified atom stereocenters. The highest BCUT2D eigenvalue weighted by Gasteiger charge is 2.34. The minimum Gasteiger partial charge on any atom is -0.507 e. The maximum absolute atomic E-state index is 13.4. The minimum absolute atomic E-state index is 0.00988. The van der Waals surface area contributed by atoms with Crippen molar-refractivity contribution in [2.75, 3.05) is 72.6 Å². The van der Waals surface area contributed by atoms with Crippen LogP contribution in [0.4, 0.5) is 0 Å². The lowest BCUT2D eigenvalue weighted by Gasteiger charge is -2.35. The van der Waals surface area contributed by atoms with Gasteiger partial charge < -0.3 is 40.0 Å². The van der Waals surface area contributed by atoms with Gasteiger partial charge in [-0.3, -0.25) is 24.0 Å². The topological polar surface area (TPSA) is 183 Å². The lowest BCUT2D eigenvalue weighted by molar-refractivity contribution is -0.132. The zero-order chi connectivity index (χ0) is 35.3. The number of amides is 4. The fourth-order valence-electron chi connectivity index (χ4n) is 4.21. The molecule has 4 amide bonds. The number of phenolic OH excluding ortho intramolecular Hbond substituents is 1. The average Bonchev–Trinajstić information content (AvgIpc) is 3.08. The van der Waals surface area contributed by atoms with Crippen LogP contribution in [0.3, 0.4) is 0 Å². The highest BCUT2D eigenvalue weighted by atomic mass is 16.6. The Morgan fingerprint density at radius 3 is 1.65 bits per heavy atom. The zero-order valence-corrected chi connectivity index (χ0v) is 27.2. The molecule has 0 aliphatic rings. The lowest BCUT2D eigenvalue weighted by Crippen LogP contribution is -2.50. The number of nitrogens with one attached hydrogen (secondary N) is 4. The first-order valence-electron chi connectivity index (χ1n) is 15.4. The van der Waals surface area contributed by atoms with Crippen molar-refractivity contribution in [3.05, 3.63) is 29.8 Å². The van der Waals surface area contributed by atoms with Gasteiger partial charge in [-0.05, 0) is 31.4 Å². The van der Waals surface area contributed by atoms with Crippen molar-refractivity contribution in [2.45, 2.75) is 44.1 Å². The maximum atomic E-state index is 13.4. The highest BCUT2D eigenvalue weighted by molar-refractivity contribution is 5.97. The Hall–Kier alpha value is -4.62. The van der Waals surface area contributed by atoms with Gasteiger partial charge >= 0.3 is 0 Å². The maximum Gasteiger partial charge on any atom is 0.255 e. The molecular formula is C34H46N4O10. The molecule has 0 fully saturated rings. The van der Waals surface area contributed by atoms with Gasteiger partial charge in [-0.1, -0.05) is 29.9 Å². The third-order valence-electron chi connectivity index (χ3n) is 6.61. The van der Waals surface area contributed by atoms with Gasteiger partial charge in [0.05, 0.1) is 45.2 Å². The average molecular weight is 671 g/mol. The number of rotatable bonds is 27. The van der Waals surface area contributed by atoms with Gasteiger partial charge in [0.25, 0.3) is 5.91 Å². The van der Waals surface area contributed by atoms with E-state index in [9.17, 15) is 24.3 Å². The summed E-state index contributed by atoms with van der Waals surface area (Å²) in [5.41, 5.74) is 0.995. The summed E-state index contributed by atoms with van der Waals surface area (Å²) in [4.78, 5) is 56.5. The van der Waals surface area contributed by atoms with Crippen LogP contribution in [0.15, 0.2) is 24.3 Å². The van der Waals surface area contributed by atoms with E-state index >= 15 is 0 Å². The lowest BCUT2D eigenvalue weighted by atomic mass is 9.82. The van der Waals surface area contributed by atoms with Crippen LogP contribution in [0, 0.1) is 37.0 Å². The van der Waals surface area contributed by atoms with Gasteiger partial charge in [0.15, 0.2) is 0 Å². The summed E-state index contributed by atoms with van der Waals surface area (Å²) in [6.07, 6.45) is 15.3. The van der Waals surface area contributed by atoms with Crippen LogP contribution in [0.1, 0.15) is 48.9 Å². The Kier molecular flexibility index (Phi) is 22.8. The Morgan fingerprint density at radius 1 is 0.667 bits per heavy atom. The molecule has 0 atom stereocenters. The summed E-state index contributed by atoms with van der Waals surface area (Å²) in [6, 6.07) is 5.95. The van der Waals surface area contributed by atoms with Gasteiger partial charge in [0, 0.05) is 37.9 Å². The molecule has 0 radical (unpaired) electrons. The van der Waals surface area contributed by atoms with E-state index in [1.807, 2.05) is 0 Å². The molecule has 0 aliphatic heterocycles. The number of hydrogen-bond donors (Lipinski definition) is 5. The molecule has 48 heavy (non-hydrogen) atoms. The van der Waals surface area contributed by atoms with Gasteiger partial charge in [-0.15, -0.1) is 19.3 Å². The van der Waals surface area contributed by atoms with Crippen molar-refractivity contribution in [2.24, 2.45) is 0 Å². The number of aromatic hydroxyl groups is 1. The first kappa shape index (κ1) is 41.4. The van der Waals surface area contributed by atoms with E-state index in [1.165, 1.54) is 12.1 Å². The summed E-state index contributed by atoms with van der Waals surface area (Å²) in [5, 5.41) is 18.7. The quantitative estimate of drug-likeness (QED) is 0.0501. The van der Waals surface area contributed by atoms with Crippen molar-refractivity contribution >= 4 is 23.6 Å². The fraction of sp³-hybridized carbons (Fsp3) is 0.529. The third kappa shape index (κ3) is 19.8. The summed E-state index contributed by atoms with van der Waals surface area (Å²) in [5.74, 6) is 4.85. The number of carbonyl (C=O) groups is 4. The van der Waals surface area contributed by atoms with Crippen LogP contribution in [0.2, 0.25) is 0 Å². The number of benzene rings is 1. The standard InChI is InChI=1S/C34H46N4O10/c1-4-19-44-24-26-46-22-17-35-30(40)11-14-34(16-13-32(42)38-48-21-6-3,37-33(43)28-9-7-8-10-29(28)39)15-12-31(41)36-18-23-47-27-25-45-20-5-2/h1-3,7-10,39H,11-27H2,(H,35,40)(H,36,41)(H,37,43)(H,38,42). The first-order valence-corrected chi connectivity index (χ1v) is 15.4. The Balaban J connectivity index is 2.96. The molecule has 0 aliphatic carbocycles. The molecule has 1 aromatic carbocycles. The smallest absolute Gasteiger partial charge is 0.255 e. The van der Waals surface area contributed by atoms with Crippen molar-refractivity contribution < 1.29 is 48.1 Å². The molecule has 0 saturated carbocycles. The second-order valence-corrected chi connectivity index (χ2v) is 10.2. The molecule has 14 heteroatoms. The monoisotopic (exact) mass is 670 g/mol. The SMILES string of the molecule is C#CCOCCOCCNC(=O)CCC(CCC(=O)NCCOCCOCC#C)(CCC(=O)NOCC#C)NC(=O)c1ccccc1O. The van der Waals surface area contributed by atoms with Crippen molar-refractivity contribution in [3.63, 3.8) is 0 Å². The predicted molar refractivity (Wildman–Crippen MR) is 176 cm³/mol. The molecule has 262 valence electrons. The van der Waals surface area contributed by atoms with Crippen molar-refractivity contribution in [3.8, 4) is 42.8 Å². The van der Waals surface area contributed by atoms with Crippen LogP contribution < -0.4 is 21.4 Å². The third-order valence-corrected chi connectivity index (χ3v) is 6.61. The zero-order valence-electron chi connectivity index (χ0n) is 27.2. The fourth-order valence-corrected chi connectivity index (χ4v) is 4.21. The normalized spacial score (nSPS) is 10.6. The van der Waals surface area contributed by atoms with Crippen LogP contribution >= 0.6 is 0 Å². The van der Waals surface area contributed by atoms with Gasteiger partial charge in [0.2, 0.25) is 17.7 Å². The number of terminal acetylenes is 3. The predicted octanol–water partition coefficient (Wildman–Crippen LogP) is 0.448. The molecule has 1 rings (SSSR count). The van der Waals surface area contributed by atoms with Crippen LogP contribution in [0.25, 0.3) is 0 Å². The molecule has 0 aromatic heterocycles. The van der Waals surface area contributed by atoms with Crippen molar-refractivity contribution in [1.29, 1.82) is 0 Å². The van der Waals surface area contributed by atoms with Gasteiger partial charge in [-0.2, -0.15) is 0 Å². The summed E-state index contributed by atoms with van der Waals surface area (Å²) >= 11 is 0. The van der Waals surface area contributed by atoms with Crippen molar-refractivity contribution in [1.82, 2.24) is 21.4 Å². The second kappa shape index (κ2) is 26.4. The van der Waals surface area contributed by atoms with Crippen LogP contribution in [-0.4, -0.2) is 107 Å². The van der Waals surface area contributed by atoms with Crippen LogP contribution in [0.5, 0.6) is 5.75 Å². The van der Waals surface area contributed by atoms with E-state index in [1.54, 1.807) is 12.1 Å². The molecule has 0 spiro atoms. The summed E-state index contributed by atoms with van der Waals surface area (Å²) in [7, 11) is 0. The van der Waals surface area contributed by atoms with E-state index in [-0.39, 0.29) is 108 Å². The number of para-hydroxylation sites is 1. The van der Waals surface area contributed by atoms with E-state index in [0.29, 0.717) is 26.4 Å². The molecule has 0 heterocycles. The molecular weight excluding hydrogens is 624 g/mol. The van der Waals surface area contributed by atoms with Gasteiger partial charge in [-0.25, -0.2) is 5.48 Å². The Labute approximate surface area is 282 Å². The Morgan fingerprint density at radius 2 is 1.15 bits per heavy atom. The molecule has 5 N–H and O–H groups in total. The van der Waals surface area contributed by atoms with E-state index < -0.39 is 17.4 Å². The van der Waals surface area contributed by atoms with E-state index in [0.717, 1.165) is 0 Å². The van der Waals surface area contributed by atoms with E-state index in [2.05, 4.69) is 39.2 Å². The highest BCUT2D eigenvalue weighted by Crippen LogP contribution is 2.28. The van der Waals surface area contributed by atoms with Gasteiger partial charge in [0.1, 0.15) is 25.6 Å². The van der Waals surface area contributed by atoms with Crippen LogP contribution in [-0.2, 0) is 38.2 Å². The van der Waals surface area contributed by atoms with E-state index in [4.69, 9.17) is 43.1 Å². The number of hydroxylamine groups is 1.